The van der Waals surface area contributed by atoms with Crippen molar-refractivity contribution >= 4 is 16.6 Å². The number of hydrogen-bond donors (Lipinski definition) is 1. The number of hydrogen-bond acceptors (Lipinski definition) is 5. The molecule has 0 spiro atoms. The number of pyridine rings is 1. The molecule has 3 aromatic heterocycles. The molecule has 168 valence electrons. The van der Waals surface area contributed by atoms with Crippen molar-refractivity contribution in [2.75, 3.05) is 46.9 Å². The van der Waals surface area contributed by atoms with E-state index in [-0.39, 0.29) is 0 Å². The van der Waals surface area contributed by atoms with E-state index in [4.69, 9.17) is 4.74 Å². The predicted octanol–water partition coefficient (Wildman–Crippen LogP) is 3.80. The third kappa shape index (κ3) is 3.87. The average molecular weight is 433 g/mol. The summed E-state index contributed by atoms with van der Waals surface area (Å²) in [5.74, 6) is 1.10. The van der Waals surface area contributed by atoms with Gasteiger partial charge in [0.1, 0.15) is 6.33 Å². The Bertz CT molecular complexity index is 1230. The molecule has 0 amide bonds. The van der Waals surface area contributed by atoms with Crippen molar-refractivity contribution in [3.63, 3.8) is 0 Å². The lowest BCUT2D eigenvalue weighted by atomic mass is 9.95. The zero-order chi connectivity index (χ0) is 22.2. The number of fused-ring (bicyclic) bond motifs is 2. The minimum Gasteiger partial charge on any atom is -0.493 e. The van der Waals surface area contributed by atoms with Crippen molar-refractivity contribution in [2.24, 2.45) is 0 Å². The molecule has 0 unspecified atom stereocenters. The first-order valence-electron chi connectivity index (χ1n) is 11.5. The van der Waals surface area contributed by atoms with E-state index in [0.717, 1.165) is 61.8 Å². The maximum Gasteiger partial charge on any atom is 0.197 e. The summed E-state index contributed by atoms with van der Waals surface area (Å²) < 4.78 is 7.38. The third-order valence-electron chi connectivity index (χ3n) is 6.64. The van der Waals surface area contributed by atoms with Crippen molar-refractivity contribution in [3.05, 3.63) is 47.9 Å². The highest BCUT2D eigenvalue weighted by molar-refractivity contribution is 5.92. The molecule has 1 aliphatic heterocycles. The van der Waals surface area contributed by atoms with Gasteiger partial charge in [0.25, 0.3) is 0 Å². The van der Waals surface area contributed by atoms with E-state index < -0.39 is 0 Å². The molecule has 0 bridgehead atoms. The Morgan fingerprint density at radius 3 is 2.69 bits per heavy atom. The number of aromatic amines is 1. The smallest absolute Gasteiger partial charge is 0.197 e. The fraction of sp³-hybridized carbons (Fsp3) is 0.440. The summed E-state index contributed by atoms with van der Waals surface area (Å²) in [5, 5.41) is 5.64. The lowest BCUT2D eigenvalue weighted by molar-refractivity contribution is 0.155. The van der Waals surface area contributed by atoms with Gasteiger partial charge in [-0.2, -0.15) is 5.10 Å². The van der Waals surface area contributed by atoms with Crippen LogP contribution in [0.5, 0.6) is 5.75 Å². The molecule has 0 saturated carbocycles. The third-order valence-corrected chi connectivity index (χ3v) is 6.64. The number of likely N-dealkylation sites (N-methyl/N-ethyl adjacent to an activating group) is 1. The number of ether oxygens (including phenoxy) is 1. The van der Waals surface area contributed by atoms with Crippen molar-refractivity contribution < 1.29 is 4.74 Å². The normalized spacial score (nSPS) is 15.9. The minimum atomic E-state index is 0.379. The molecule has 5 rings (SSSR count). The summed E-state index contributed by atoms with van der Waals surface area (Å²) in [6.45, 7) is 10.3. The number of H-pyrrole nitrogens is 1. The highest BCUT2D eigenvalue weighted by Gasteiger charge is 2.19. The van der Waals surface area contributed by atoms with E-state index in [1.54, 1.807) is 18.0 Å². The largest absolute Gasteiger partial charge is 0.493 e. The van der Waals surface area contributed by atoms with Gasteiger partial charge in [0, 0.05) is 55.4 Å². The summed E-state index contributed by atoms with van der Waals surface area (Å²) in [6.07, 6.45) is 4.66. The van der Waals surface area contributed by atoms with Crippen molar-refractivity contribution in [2.45, 2.75) is 26.2 Å². The minimum absolute atomic E-state index is 0.379. The molecule has 7 heteroatoms. The van der Waals surface area contributed by atoms with Crippen LogP contribution in [0.15, 0.2) is 36.8 Å². The van der Waals surface area contributed by atoms with Crippen LogP contribution in [0, 0.1) is 0 Å². The Kier molecular flexibility index (Phi) is 5.61. The molecule has 0 atom stereocenters. The van der Waals surface area contributed by atoms with Gasteiger partial charge in [-0.05, 0) is 48.7 Å². The highest BCUT2D eigenvalue weighted by Crippen LogP contribution is 2.37. The van der Waals surface area contributed by atoms with E-state index in [0.29, 0.717) is 5.92 Å². The maximum absolute atomic E-state index is 5.59. The SMILES string of the molecule is COc1cc(-c2[nH]c3ccc(CCN4CCN(C)CC4)cc3c2C(C)C)cn2ncnc12. The van der Waals surface area contributed by atoms with Gasteiger partial charge in [-0.15, -0.1) is 0 Å². The molecule has 32 heavy (non-hydrogen) atoms. The van der Waals surface area contributed by atoms with Crippen LogP contribution in [-0.4, -0.2) is 76.3 Å². The molecule has 1 N–H and O–H groups in total. The Balaban J connectivity index is 1.50. The Hall–Kier alpha value is -2.90. The van der Waals surface area contributed by atoms with Crippen LogP contribution in [0.4, 0.5) is 0 Å². The Morgan fingerprint density at radius 1 is 1.12 bits per heavy atom. The number of aromatic nitrogens is 4. The average Bonchev–Trinajstić information content (AvgIpc) is 3.42. The molecule has 4 heterocycles. The van der Waals surface area contributed by atoms with Gasteiger partial charge < -0.3 is 19.5 Å². The second kappa shape index (κ2) is 8.56. The van der Waals surface area contributed by atoms with Gasteiger partial charge in [0.15, 0.2) is 11.4 Å². The van der Waals surface area contributed by atoms with Crippen LogP contribution < -0.4 is 4.74 Å². The predicted molar refractivity (Wildman–Crippen MR) is 129 cm³/mol. The molecule has 1 saturated heterocycles. The van der Waals surface area contributed by atoms with E-state index in [1.165, 1.54) is 22.0 Å². The van der Waals surface area contributed by atoms with Crippen LogP contribution in [0.3, 0.4) is 0 Å². The number of nitrogens with zero attached hydrogens (tertiary/aromatic N) is 5. The molecule has 1 aromatic carbocycles. The quantitative estimate of drug-likeness (QED) is 0.502. The summed E-state index contributed by atoms with van der Waals surface area (Å²) in [6, 6.07) is 8.93. The molecule has 1 fully saturated rings. The second-order valence-electron chi connectivity index (χ2n) is 9.17. The zero-order valence-corrected chi connectivity index (χ0v) is 19.4. The molecule has 0 aliphatic carbocycles. The van der Waals surface area contributed by atoms with Crippen molar-refractivity contribution in [3.8, 4) is 17.0 Å². The number of nitrogens with one attached hydrogen (secondary N) is 1. The van der Waals surface area contributed by atoms with Crippen LogP contribution in [-0.2, 0) is 6.42 Å². The molecular weight excluding hydrogens is 400 g/mol. The molecule has 7 nitrogen and oxygen atoms in total. The number of benzene rings is 1. The first-order valence-corrected chi connectivity index (χ1v) is 11.5. The topological polar surface area (TPSA) is 61.7 Å². The van der Waals surface area contributed by atoms with Gasteiger partial charge in [-0.25, -0.2) is 9.50 Å². The van der Waals surface area contributed by atoms with E-state index in [9.17, 15) is 0 Å². The van der Waals surface area contributed by atoms with E-state index in [1.807, 2.05) is 6.20 Å². The number of piperazine rings is 1. The molecular formula is C25H32N6O. The summed E-state index contributed by atoms with van der Waals surface area (Å²) in [7, 11) is 3.88. The Labute approximate surface area is 189 Å². The lowest BCUT2D eigenvalue weighted by Gasteiger charge is -2.32. The van der Waals surface area contributed by atoms with Crippen LogP contribution >= 0.6 is 0 Å². The summed E-state index contributed by atoms with van der Waals surface area (Å²) in [4.78, 5) is 13.0. The van der Waals surface area contributed by atoms with E-state index in [2.05, 4.69) is 70.0 Å². The number of rotatable bonds is 6. The van der Waals surface area contributed by atoms with E-state index >= 15 is 0 Å². The van der Waals surface area contributed by atoms with Gasteiger partial charge in [0.2, 0.25) is 0 Å². The summed E-state index contributed by atoms with van der Waals surface area (Å²) >= 11 is 0. The maximum atomic E-state index is 5.59. The van der Waals surface area contributed by atoms with Crippen LogP contribution in [0.2, 0.25) is 0 Å². The summed E-state index contributed by atoms with van der Waals surface area (Å²) in [5.41, 5.74) is 6.81. The van der Waals surface area contributed by atoms with Crippen LogP contribution in [0.1, 0.15) is 30.9 Å². The highest BCUT2D eigenvalue weighted by atomic mass is 16.5. The molecule has 4 aromatic rings. The van der Waals surface area contributed by atoms with Crippen molar-refractivity contribution in [1.82, 2.24) is 29.4 Å². The molecule has 1 aliphatic rings. The standard InChI is InChI=1S/C25H32N6O/c1-17(2)23-20-13-18(7-8-30-11-9-29(3)10-12-30)5-6-21(20)28-24(23)19-14-22(32-4)25-26-16-27-31(25)15-19/h5-6,13-17,28H,7-12H2,1-4H3. The van der Waals surface area contributed by atoms with Gasteiger partial charge in [-0.1, -0.05) is 19.9 Å². The van der Waals surface area contributed by atoms with Crippen molar-refractivity contribution in [1.29, 1.82) is 0 Å². The first-order chi connectivity index (χ1) is 15.5. The second-order valence-corrected chi connectivity index (χ2v) is 9.17. The van der Waals surface area contributed by atoms with Gasteiger partial charge in [0.05, 0.1) is 12.8 Å². The fourth-order valence-electron chi connectivity index (χ4n) is 4.78. The zero-order valence-electron chi connectivity index (χ0n) is 19.4. The Morgan fingerprint density at radius 2 is 1.94 bits per heavy atom. The lowest BCUT2D eigenvalue weighted by Crippen LogP contribution is -2.45. The van der Waals surface area contributed by atoms with Gasteiger partial charge in [-0.3, -0.25) is 0 Å². The number of methoxy groups -OCH3 is 1. The monoisotopic (exact) mass is 432 g/mol. The first kappa shape index (κ1) is 21.0. The van der Waals surface area contributed by atoms with Gasteiger partial charge >= 0.3 is 0 Å². The van der Waals surface area contributed by atoms with Crippen LogP contribution in [0.25, 0.3) is 27.8 Å². The molecule has 0 radical (unpaired) electrons. The fourth-order valence-corrected chi connectivity index (χ4v) is 4.78.